The number of amides is 1. The highest BCUT2D eigenvalue weighted by Gasteiger charge is 2.22. The lowest BCUT2D eigenvalue weighted by molar-refractivity contribution is -0.130. The van der Waals surface area contributed by atoms with Crippen molar-refractivity contribution < 1.29 is 4.79 Å². The lowest BCUT2D eigenvalue weighted by atomic mass is 10.2. The first-order valence-corrected chi connectivity index (χ1v) is 9.75. The summed E-state index contributed by atoms with van der Waals surface area (Å²) < 4.78 is 0. The summed E-state index contributed by atoms with van der Waals surface area (Å²) in [6.45, 7) is 3.16. The number of thiophene rings is 2. The van der Waals surface area contributed by atoms with Gasteiger partial charge in [0.25, 0.3) is 0 Å². The first-order chi connectivity index (χ1) is 11.8. The van der Waals surface area contributed by atoms with E-state index in [0.29, 0.717) is 6.42 Å². The third-order valence-electron chi connectivity index (χ3n) is 4.24. The molecule has 1 fully saturated rings. The molecule has 0 saturated carbocycles. The van der Waals surface area contributed by atoms with Crippen molar-refractivity contribution in [2.24, 2.45) is 0 Å². The second-order valence-corrected chi connectivity index (χ2v) is 7.52. The highest BCUT2D eigenvalue weighted by molar-refractivity contribution is 7.13. The maximum atomic E-state index is 12.4. The van der Waals surface area contributed by atoms with Crippen LogP contribution in [0, 0.1) is 0 Å². The monoisotopic (exact) mass is 358 g/mol. The molecule has 0 radical (unpaired) electrons. The Morgan fingerprint density at radius 1 is 1.21 bits per heavy atom. The molecular weight excluding hydrogens is 340 g/mol. The number of piperazine rings is 1. The van der Waals surface area contributed by atoms with Gasteiger partial charge in [-0.1, -0.05) is 6.07 Å². The first-order valence-electron chi connectivity index (χ1n) is 7.93. The van der Waals surface area contributed by atoms with Gasteiger partial charge in [0.15, 0.2) is 5.82 Å². The van der Waals surface area contributed by atoms with Crippen LogP contribution in [0.2, 0.25) is 0 Å². The zero-order chi connectivity index (χ0) is 16.4. The minimum atomic E-state index is 0.217. The fourth-order valence-corrected chi connectivity index (χ4v) is 4.26. The van der Waals surface area contributed by atoms with Gasteiger partial charge in [0.2, 0.25) is 5.91 Å². The molecule has 1 aliphatic rings. The smallest absolute Gasteiger partial charge is 0.227 e. The van der Waals surface area contributed by atoms with E-state index in [9.17, 15) is 4.79 Å². The predicted octanol–water partition coefficient (Wildman–Crippen LogP) is 3.09. The number of hydrogen-bond donors (Lipinski definition) is 1. The molecule has 5 nitrogen and oxygen atoms in total. The maximum absolute atomic E-state index is 12.4. The summed E-state index contributed by atoms with van der Waals surface area (Å²) in [4.78, 5) is 17.8. The van der Waals surface area contributed by atoms with Gasteiger partial charge in [-0.25, -0.2) is 0 Å². The van der Waals surface area contributed by atoms with E-state index >= 15 is 0 Å². The zero-order valence-corrected chi connectivity index (χ0v) is 14.8. The van der Waals surface area contributed by atoms with E-state index in [2.05, 4.69) is 32.6 Å². The van der Waals surface area contributed by atoms with Gasteiger partial charge in [-0.3, -0.25) is 9.89 Å². The van der Waals surface area contributed by atoms with E-state index in [1.165, 1.54) is 4.88 Å². The lowest BCUT2D eigenvalue weighted by Crippen LogP contribution is -2.49. The molecule has 0 bridgehead atoms. The molecular formula is C17H18N4OS2. The fourth-order valence-electron chi connectivity index (χ4n) is 2.90. The van der Waals surface area contributed by atoms with E-state index in [-0.39, 0.29) is 5.91 Å². The van der Waals surface area contributed by atoms with Crippen LogP contribution in [-0.2, 0) is 11.2 Å². The molecule has 24 heavy (non-hydrogen) atoms. The Morgan fingerprint density at radius 2 is 2.08 bits per heavy atom. The van der Waals surface area contributed by atoms with Crippen molar-refractivity contribution in [2.75, 3.05) is 31.1 Å². The van der Waals surface area contributed by atoms with Crippen LogP contribution in [0.3, 0.4) is 0 Å². The van der Waals surface area contributed by atoms with Gasteiger partial charge in [0.1, 0.15) is 0 Å². The van der Waals surface area contributed by atoms with Crippen LogP contribution in [0.1, 0.15) is 5.56 Å². The largest absolute Gasteiger partial charge is 0.352 e. The van der Waals surface area contributed by atoms with Crippen LogP contribution in [0.15, 0.2) is 40.4 Å². The molecule has 124 valence electrons. The number of H-pyrrole nitrogens is 1. The van der Waals surface area contributed by atoms with Crippen LogP contribution < -0.4 is 4.90 Å². The highest BCUT2D eigenvalue weighted by atomic mass is 32.1. The van der Waals surface area contributed by atoms with E-state index in [0.717, 1.165) is 43.3 Å². The lowest BCUT2D eigenvalue weighted by Gasteiger charge is -2.34. The number of rotatable bonds is 4. The number of anilines is 1. The van der Waals surface area contributed by atoms with Crippen LogP contribution in [0.4, 0.5) is 5.82 Å². The van der Waals surface area contributed by atoms with Gasteiger partial charge in [0, 0.05) is 32.2 Å². The van der Waals surface area contributed by atoms with Crippen LogP contribution in [-0.4, -0.2) is 47.2 Å². The Morgan fingerprint density at radius 3 is 2.79 bits per heavy atom. The van der Waals surface area contributed by atoms with Crippen LogP contribution >= 0.6 is 22.7 Å². The van der Waals surface area contributed by atoms with Gasteiger partial charge in [0.05, 0.1) is 17.0 Å². The Kier molecular flexibility index (Phi) is 4.36. The Bertz CT molecular complexity index is 787. The number of nitrogens with one attached hydrogen (secondary N) is 1. The van der Waals surface area contributed by atoms with Crippen molar-refractivity contribution in [3.05, 3.63) is 46.0 Å². The van der Waals surface area contributed by atoms with Gasteiger partial charge in [-0.2, -0.15) is 16.4 Å². The molecule has 4 heterocycles. The SMILES string of the molecule is O=C(Cc1ccsc1)N1CCN(c2cc(-c3cccs3)[nH]n2)CC1. The molecule has 0 spiro atoms. The van der Waals surface area contributed by atoms with E-state index in [4.69, 9.17) is 0 Å². The number of carbonyl (C=O) groups is 1. The first kappa shape index (κ1) is 15.4. The zero-order valence-electron chi connectivity index (χ0n) is 13.1. The number of aromatic nitrogens is 2. The second kappa shape index (κ2) is 6.78. The van der Waals surface area contributed by atoms with E-state index < -0.39 is 0 Å². The van der Waals surface area contributed by atoms with Gasteiger partial charge in [-0.05, 0) is 33.8 Å². The molecule has 4 rings (SSSR count). The minimum Gasteiger partial charge on any atom is -0.352 e. The number of hydrogen-bond acceptors (Lipinski definition) is 5. The molecule has 0 atom stereocenters. The quantitative estimate of drug-likeness (QED) is 0.780. The third kappa shape index (κ3) is 3.22. The Hall–Kier alpha value is -2.12. The van der Waals surface area contributed by atoms with Crippen molar-refractivity contribution >= 4 is 34.4 Å². The van der Waals surface area contributed by atoms with Crippen molar-refractivity contribution in [1.82, 2.24) is 15.1 Å². The standard InChI is InChI=1S/C17H18N4OS2/c22-17(10-13-3-9-23-12-13)21-6-4-20(5-7-21)16-11-14(18-19-16)15-2-1-8-24-15/h1-3,8-9,11-12H,4-7,10H2,(H,18,19). The number of carbonyl (C=O) groups excluding carboxylic acids is 1. The molecule has 1 saturated heterocycles. The van der Waals surface area contributed by atoms with Gasteiger partial charge >= 0.3 is 0 Å². The van der Waals surface area contributed by atoms with E-state index in [1.54, 1.807) is 22.7 Å². The molecule has 3 aromatic rings. The number of aromatic amines is 1. The third-order valence-corrected chi connectivity index (χ3v) is 5.88. The molecule has 1 aliphatic heterocycles. The van der Waals surface area contributed by atoms with Crippen molar-refractivity contribution in [3.8, 4) is 10.6 Å². The molecule has 0 unspecified atom stereocenters. The van der Waals surface area contributed by atoms with Crippen molar-refractivity contribution in [3.63, 3.8) is 0 Å². The predicted molar refractivity (Wildman–Crippen MR) is 98.7 cm³/mol. The second-order valence-electron chi connectivity index (χ2n) is 5.79. The minimum absolute atomic E-state index is 0.217. The van der Waals surface area contributed by atoms with E-state index in [1.807, 2.05) is 27.8 Å². The van der Waals surface area contributed by atoms with Crippen molar-refractivity contribution in [2.45, 2.75) is 6.42 Å². The Labute approximate surface area is 148 Å². The van der Waals surface area contributed by atoms with Crippen molar-refractivity contribution in [1.29, 1.82) is 0 Å². The molecule has 0 aliphatic carbocycles. The van der Waals surface area contributed by atoms with Gasteiger partial charge < -0.3 is 9.80 Å². The summed E-state index contributed by atoms with van der Waals surface area (Å²) in [5.41, 5.74) is 2.16. The average Bonchev–Trinajstić information content (AvgIpc) is 3.36. The molecule has 0 aromatic carbocycles. The topological polar surface area (TPSA) is 52.2 Å². The molecule has 7 heteroatoms. The highest BCUT2D eigenvalue weighted by Crippen LogP contribution is 2.26. The summed E-state index contributed by atoms with van der Waals surface area (Å²) in [7, 11) is 0. The summed E-state index contributed by atoms with van der Waals surface area (Å²) in [6.07, 6.45) is 0.508. The fraction of sp³-hybridized carbons (Fsp3) is 0.294. The molecule has 1 N–H and O–H groups in total. The number of nitrogens with zero attached hydrogens (tertiary/aromatic N) is 3. The average molecular weight is 358 g/mol. The molecule has 3 aromatic heterocycles. The molecule has 1 amide bonds. The Balaban J connectivity index is 1.35. The van der Waals surface area contributed by atoms with Crippen LogP contribution in [0.5, 0.6) is 0 Å². The maximum Gasteiger partial charge on any atom is 0.227 e. The van der Waals surface area contributed by atoms with Gasteiger partial charge in [-0.15, -0.1) is 11.3 Å². The van der Waals surface area contributed by atoms with Crippen LogP contribution in [0.25, 0.3) is 10.6 Å². The summed E-state index contributed by atoms with van der Waals surface area (Å²) in [6, 6.07) is 8.24. The normalized spacial score (nSPS) is 15.0. The summed E-state index contributed by atoms with van der Waals surface area (Å²) in [5, 5.41) is 13.7. The summed E-state index contributed by atoms with van der Waals surface area (Å²) >= 11 is 3.34. The summed E-state index contributed by atoms with van der Waals surface area (Å²) in [5.74, 6) is 1.18.